The van der Waals surface area contributed by atoms with Crippen molar-refractivity contribution in [1.29, 1.82) is 0 Å². The first-order valence-electron chi connectivity index (χ1n) is 13.1. The van der Waals surface area contributed by atoms with Gasteiger partial charge in [-0.15, -0.1) is 0 Å². The van der Waals surface area contributed by atoms with Crippen LogP contribution in [-0.4, -0.2) is 31.1 Å². The van der Waals surface area contributed by atoms with Crippen molar-refractivity contribution in [2.24, 2.45) is 5.41 Å². The van der Waals surface area contributed by atoms with Crippen LogP contribution in [0.1, 0.15) is 63.5 Å². The zero-order valence-electron chi connectivity index (χ0n) is 21.8. The number of ether oxygens (including phenoxy) is 3. The number of allylic oxidation sites excluding steroid dienone is 3. The van der Waals surface area contributed by atoms with E-state index in [1.54, 1.807) is 0 Å². The summed E-state index contributed by atoms with van der Waals surface area (Å²) in [5.74, 6) is -0.283. The zero-order valence-corrected chi connectivity index (χ0v) is 21.8. The Kier molecular flexibility index (Phi) is 7.20. The maximum atomic E-state index is 13.6. The van der Waals surface area contributed by atoms with E-state index in [0.717, 1.165) is 36.1 Å². The van der Waals surface area contributed by atoms with Crippen LogP contribution in [0.2, 0.25) is 0 Å². The van der Waals surface area contributed by atoms with E-state index >= 15 is 0 Å². The van der Waals surface area contributed by atoms with Crippen LogP contribution in [0.25, 0.3) is 0 Å². The molecule has 0 amide bonds. The van der Waals surface area contributed by atoms with Crippen LogP contribution in [-0.2, 0) is 25.7 Å². The summed E-state index contributed by atoms with van der Waals surface area (Å²) >= 11 is 0. The van der Waals surface area contributed by atoms with Crippen LogP contribution in [0.3, 0.4) is 0 Å². The molecule has 0 unspecified atom stereocenters. The molecule has 0 aromatic heterocycles. The van der Waals surface area contributed by atoms with Gasteiger partial charge in [0.1, 0.15) is 19.0 Å². The van der Waals surface area contributed by atoms with Gasteiger partial charge in [-0.05, 0) is 43.2 Å². The molecule has 0 bridgehead atoms. The molecule has 2 aliphatic heterocycles. The molecule has 1 aliphatic carbocycles. The average Bonchev–Trinajstić information content (AvgIpc) is 3.39. The van der Waals surface area contributed by atoms with Crippen LogP contribution in [0.4, 0.5) is 0 Å². The molecular formula is C31H35NO5. The fraction of sp³-hybridized carbons (Fsp3) is 0.419. The smallest absolute Gasteiger partial charge is 0.336 e. The first-order valence-corrected chi connectivity index (χ1v) is 13.1. The Morgan fingerprint density at radius 3 is 2.59 bits per heavy atom. The van der Waals surface area contributed by atoms with E-state index in [0.29, 0.717) is 42.2 Å². The van der Waals surface area contributed by atoms with Gasteiger partial charge in [0.15, 0.2) is 5.78 Å². The number of dihydropyridines is 1. The molecule has 194 valence electrons. The fourth-order valence-electron chi connectivity index (χ4n) is 5.63. The molecule has 0 saturated carbocycles. The summed E-state index contributed by atoms with van der Waals surface area (Å²) in [7, 11) is 0. The maximum absolute atomic E-state index is 13.6. The molecule has 3 aliphatic rings. The molecule has 1 saturated heterocycles. The monoisotopic (exact) mass is 501 g/mol. The lowest BCUT2D eigenvalue weighted by atomic mass is 9.68. The predicted octanol–water partition coefficient (Wildman–Crippen LogP) is 5.59. The Hall–Kier alpha value is -3.38. The van der Waals surface area contributed by atoms with E-state index in [-0.39, 0.29) is 23.9 Å². The van der Waals surface area contributed by atoms with Crippen molar-refractivity contribution in [3.05, 3.63) is 88.3 Å². The second-order valence-corrected chi connectivity index (χ2v) is 11.0. The lowest BCUT2D eigenvalue weighted by molar-refractivity contribution is -0.142. The molecule has 2 atom stereocenters. The van der Waals surface area contributed by atoms with Crippen LogP contribution >= 0.6 is 0 Å². The van der Waals surface area contributed by atoms with Crippen LogP contribution < -0.4 is 10.1 Å². The van der Waals surface area contributed by atoms with Crippen LogP contribution in [0.15, 0.2) is 77.1 Å². The molecule has 1 fully saturated rings. The second kappa shape index (κ2) is 10.5. The van der Waals surface area contributed by atoms with Gasteiger partial charge in [0.25, 0.3) is 0 Å². The molecule has 1 N–H and O–H groups in total. The third kappa shape index (κ3) is 5.49. The highest BCUT2D eigenvalue weighted by Gasteiger charge is 2.44. The summed E-state index contributed by atoms with van der Waals surface area (Å²) in [6, 6.07) is 17.6. The number of hydrogen-bond donors (Lipinski definition) is 1. The van der Waals surface area contributed by atoms with Gasteiger partial charge < -0.3 is 19.5 Å². The molecule has 6 heteroatoms. The minimum absolute atomic E-state index is 0.0542. The van der Waals surface area contributed by atoms with Gasteiger partial charge in [0.2, 0.25) is 0 Å². The number of Topliss-reactive ketones (excluding diaryl/α,β-unsaturated/α-hetero) is 1. The Labute approximate surface area is 218 Å². The van der Waals surface area contributed by atoms with Crippen molar-refractivity contribution in [2.45, 2.75) is 65.1 Å². The summed E-state index contributed by atoms with van der Waals surface area (Å²) in [5, 5.41) is 3.41. The SMILES string of the molecule is CC1=C(C(=O)OC[C@@H]2CCCO2)[C@@H](c2ccccc2OCc2ccccc2)C2=C(CC(C)(C)CC2=O)N1. The largest absolute Gasteiger partial charge is 0.489 e. The van der Waals surface area contributed by atoms with Gasteiger partial charge >= 0.3 is 5.97 Å². The standard InChI is InChI=1S/C31H35NO5/c1-20-27(30(34)37-19-22-12-9-15-35-22)28(29-24(32-20)16-31(2,3)17-25(29)33)23-13-7-8-14-26(23)36-18-21-10-5-4-6-11-21/h4-8,10-11,13-14,22,28,32H,9,12,15-19H2,1-3H3/t22-,28+/m0/s1. The van der Waals surface area contributed by atoms with Crippen LogP contribution in [0.5, 0.6) is 5.75 Å². The Balaban J connectivity index is 1.52. The van der Waals surface area contributed by atoms with Gasteiger partial charge in [-0.2, -0.15) is 0 Å². The van der Waals surface area contributed by atoms with Gasteiger partial charge in [0.05, 0.1) is 17.6 Å². The molecule has 2 heterocycles. The maximum Gasteiger partial charge on any atom is 0.336 e. The number of carbonyl (C=O) groups excluding carboxylic acids is 2. The molecular weight excluding hydrogens is 466 g/mol. The number of carbonyl (C=O) groups is 2. The number of esters is 1. The Bertz CT molecular complexity index is 1240. The molecule has 0 spiro atoms. The summed E-state index contributed by atoms with van der Waals surface area (Å²) in [6.07, 6.45) is 2.93. The minimum atomic E-state index is -0.566. The van der Waals surface area contributed by atoms with Crippen molar-refractivity contribution < 1.29 is 23.8 Å². The summed E-state index contributed by atoms with van der Waals surface area (Å²) in [4.78, 5) is 27.2. The summed E-state index contributed by atoms with van der Waals surface area (Å²) < 4.78 is 17.7. The number of para-hydroxylation sites is 1. The van der Waals surface area contributed by atoms with Crippen molar-refractivity contribution in [2.75, 3.05) is 13.2 Å². The highest BCUT2D eigenvalue weighted by Crippen LogP contribution is 2.48. The Morgan fingerprint density at radius 2 is 1.84 bits per heavy atom. The number of nitrogens with one attached hydrogen (secondary N) is 1. The number of benzene rings is 2. The van der Waals surface area contributed by atoms with E-state index in [2.05, 4.69) is 19.2 Å². The van der Waals surface area contributed by atoms with Gasteiger partial charge in [0, 0.05) is 35.6 Å². The molecule has 2 aromatic carbocycles. The van der Waals surface area contributed by atoms with Crippen molar-refractivity contribution in [3.8, 4) is 5.75 Å². The third-order valence-corrected chi connectivity index (χ3v) is 7.35. The van der Waals surface area contributed by atoms with E-state index in [1.807, 2.05) is 61.5 Å². The van der Waals surface area contributed by atoms with E-state index in [4.69, 9.17) is 14.2 Å². The molecule has 6 nitrogen and oxygen atoms in total. The van der Waals surface area contributed by atoms with Gasteiger partial charge in [-0.25, -0.2) is 4.79 Å². The summed E-state index contributed by atoms with van der Waals surface area (Å²) in [5.41, 5.74) is 4.38. The van der Waals surface area contributed by atoms with Crippen molar-refractivity contribution in [3.63, 3.8) is 0 Å². The first kappa shape index (κ1) is 25.3. The number of ketones is 1. The van der Waals surface area contributed by atoms with Gasteiger partial charge in [-0.1, -0.05) is 62.4 Å². The topological polar surface area (TPSA) is 73.9 Å². The average molecular weight is 502 g/mol. The third-order valence-electron chi connectivity index (χ3n) is 7.35. The lowest BCUT2D eigenvalue weighted by Crippen LogP contribution is -2.39. The quantitative estimate of drug-likeness (QED) is 0.499. The normalized spacial score (nSPS) is 22.9. The van der Waals surface area contributed by atoms with E-state index in [1.165, 1.54) is 0 Å². The fourth-order valence-corrected chi connectivity index (χ4v) is 5.63. The number of hydrogen-bond acceptors (Lipinski definition) is 6. The molecule has 2 aromatic rings. The first-order chi connectivity index (χ1) is 17.8. The van der Waals surface area contributed by atoms with E-state index < -0.39 is 11.9 Å². The lowest BCUT2D eigenvalue weighted by Gasteiger charge is -2.39. The highest BCUT2D eigenvalue weighted by molar-refractivity contribution is 6.04. The second-order valence-electron chi connectivity index (χ2n) is 11.0. The van der Waals surface area contributed by atoms with E-state index in [9.17, 15) is 9.59 Å². The molecule has 0 radical (unpaired) electrons. The summed E-state index contributed by atoms with van der Waals surface area (Å²) in [6.45, 7) is 7.39. The number of rotatable bonds is 7. The molecule has 37 heavy (non-hydrogen) atoms. The highest BCUT2D eigenvalue weighted by atomic mass is 16.6. The Morgan fingerprint density at radius 1 is 1.08 bits per heavy atom. The van der Waals surface area contributed by atoms with Crippen LogP contribution in [0, 0.1) is 5.41 Å². The van der Waals surface area contributed by atoms with Crippen molar-refractivity contribution in [1.82, 2.24) is 5.32 Å². The van der Waals surface area contributed by atoms with Gasteiger partial charge in [-0.3, -0.25) is 4.79 Å². The molecule has 5 rings (SSSR count). The predicted molar refractivity (Wildman–Crippen MR) is 141 cm³/mol. The zero-order chi connectivity index (χ0) is 26.0. The minimum Gasteiger partial charge on any atom is -0.489 e. The van der Waals surface area contributed by atoms with Crippen molar-refractivity contribution >= 4 is 11.8 Å².